The molecule has 0 bridgehead atoms. The molecule has 13 heavy (non-hydrogen) atoms. The highest BCUT2D eigenvalue weighted by Crippen LogP contribution is 1.84. The summed E-state index contributed by atoms with van der Waals surface area (Å²) in [5.41, 5.74) is 0. The Bertz CT molecular complexity index is 247. The Kier molecular flexibility index (Phi) is 4.65. The molecule has 0 aliphatic heterocycles. The zero-order chi connectivity index (χ0) is 9.36. The highest BCUT2D eigenvalue weighted by atomic mass is 15.3. The average molecular weight is 178 g/mol. The maximum atomic E-state index is 8.28. The number of nitriles is 1. The van der Waals surface area contributed by atoms with Crippen LogP contribution in [0.2, 0.25) is 0 Å². The predicted molar refractivity (Wildman–Crippen MR) is 49.9 cm³/mol. The van der Waals surface area contributed by atoms with Crippen molar-refractivity contribution in [2.75, 3.05) is 13.1 Å². The lowest BCUT2D eigenvalue weighted by Crippen LogP contribution is -2.21. The van der Waals surface area contributed by atoms with Gasteiger partial charge >= 0.3 is 0 Å². The highest BCUT2D eigenvalue weighted by molar-refractivity contribution is 4.77. The maximum absolute atomic E-state index is 8.28. The van der Waals surface area contributed by atoms with Crippen LogP contribution in [0.25, 0.3) is 0 Å². The standard InChI is InChI=1S/C9H14N4/c10-4-1-2-5-11-7-9-13-8-3-6-12-13/h3,6,8,11H,1-2,5,7,9H2. The maximum Gasteiger partial charge on any atom is 0.0622 e. The first kappa shape index (κ1) is 9.75. The number of aromatic nitrogens is 2. The molecule has 0 amide bonds. The van der Waals surface area contributed by atoms with Gasteiger partial charge in [-0.25, -0.2) is 0 Å². The summed E-state index contributed by atoms with van der Waals surface area (Å²) in [5, 5.41) is 15.6. The zero-order valence-electron chi connectivity index (χ0n) is 7.61. The van der Waals surface area contributed by atoms with Gasteiger partial charge in [-0.3, -0.25) is 4.68 Å². The van der Waals surface area contributed by atoms with E-state index in [1.54, 1.807) is 6.20 Å². The van der Waals surface area contributed by atoms with E-state index in [0.717, 1.165) is 26.1 Å². The molecule has 0 radical (unpaired) electrons. The summed E-state index contributed by atoms with van der Waals surface area (Å²) in [6, 6.07) is 4.03. The van der Waals surface area contributed by atoms with Crippen LogP contribution < -0.4 is 5.32 Å². The molecule has 0 atom stereocenters. The van der Waals surface area contributed by atoms with Crippen LogP contribution >= 0.6 is 0 Å². The topological polar surface area (TPSA) is 53.6 Å². The Morgan fingerprint density at radius 2 is 2.38 bits per heavy atom. The van der Waals surface area contributed by atoms with Gasteiger partial charge in [0.15, 0.2) is 0 Å². The van der Waals surface area contributed by atoms with Gasteiger partial charge in [-0.1, -0.05) is 0 Å². The minimum absolute atomic E-state index is 0.634. The van der Waals surface area contributed by atoms with Crippen LogP contribution in [-0.2, 0) is 6.54 Å². The van der Waals surface area contributed by atoms with Crippen LogP contribution in [0.5, 0.6) is 0 Å². The van der Waals surface area contributed by atoms with Crippen LogP contribution in [0.1, 0.15) is 12.8 Å². The number of nitrogens with one attached hydrogen (secondary N) is 1. The van der Waals surface area contributed by atoms with Crippen LogP contribution in [0.15, 0.2) is 18.5 Å². The largest absolute Gasteiger partial charge is 0.315 e. The predicted octanol–water partition coefficient (Wildman–Crippen LogP) is 0.776. The summed E-state index contributed by atoms with van der Waals surface area (Å²) in [7, 11) is 0. The lowest BCUT2D eigenvalue weighted by molar-refractivity contribution is 0.549. The number of nitrogens with zero attached hydrogens (tertiary/aromatic N) is 3. The van der Waals surface area contributed by atoms with Gasteiger partial charge in [0, 0.05) is 25.4 Å². The van der Waals surface area contributed by atoms with Crippen LogP contribution in [0.3, 0.4) is 0 Å². The lowest BCUT2D eigenvalue weighted by Gasteiger charge is -2.02. The monoisotopic (exact) mass is 178 g/mol. The first-order valence-electron chi connectivity index (χ1n) is 4.48. The third kappa shape index (κ3) is 4.28. The van der Waals surface area contributed by atoms with Crippen molar-refractivity contribution in [3.05, 3.63) is 18.5 Å². The van der Waals surface area contributed by atoms with Crippen molar-refractivity contribution >= 4 is 0 Å². The smallest absolute Gasteiger partial charge is 0.0622 e. The third-order valence-corrected chi connectivity index (χ3v) is 1.72. The summed E-state index contributed by atoms with van der Waals surface area (Å²) in [4.78, 5) is 0. The fraction of sp³-hybridized carbons (Fsp3) is 0.556. The van der Waals surface area contributed by atoms with Gasteiger partial charge in [0.25, 0.3) is 0 Å². The van der Waals surface area contributed by atoms with Crippen molar-refractivity contribution in [1.82, 2.24) is 15.1 Å². The summed E-state index contributed by atoms with van der Waals surface area (Å²) >= 11 is 0. The Balaban J connectivity index is 1.94. The molecule has 4 nitrogen and oxygen atoms in total. The summed E-state index contributed by atoms with van der Waals surface area (Å²) in [6.07, 6.45) is 5.27. The third-order valence-electron chi connectivity index (χ3n) is 1.72. The molecular weight excluding hydrogens is 164 g/mol. The van der Waals surface area contributed by atoms with Crippen molar-refractivity contribution in [1.29, 1.82) is 5.26 Å². The first-order chi connectivity index (χ1) is 6.43. The minimum Gasteiger partial charge on any atom is -0.315 e. The Hall–Kier alpha value is -1.34. The molecule has 1 aromatic heterocycles. The number of hydrogen-bond donors (Lipinski definition) is 1. The fourth-order valence-electron chi connectivity index (χ4n) is 1.04. The molecule has 0 spiro atoms. The quantitative estimate of drug-likeness (QED) is 0.655. The molecule has 0 saturated carbocycles. The van der Waals surface area contributed by atoms with Crippen molar-refractivity contribution in [2.45, 2.75) is 19.4 Å². The molecular formula is C9H14N4. The summed E-state index contributed by atoms with van der Waals surface area (Å²) in [5.74, 6) is 0. The van der Waals surface area contributed by atoms with E-state index in [2.05, 4.69) is 16.5 Å². The van der Waals surface area contributed by atoms with Crippen molar-refractivity contribution in [2.24, 2.45) is 0 Å². The van der Waals surface area contributed by atoms with Crippen LogP contribution in [0.4, 0.5) is 0 Å². The molecule has 0 aromatic carbocycles. The van der Waals surface area contributed by atoms with Gasteiger partial charge in [-0.05, 0) is 19.0 Å². The highest BCUT2D eigenvalue weighted by Gasteiger charge is 1.89. The van der Waals surface area contributed by atoms with Gasteiger partial charge in [0.1, 0.15) is 0 Å². The average Bonchev–Trinajstić information content (AvgIpc) is 2.63. The Morgan fingerprint density at radius 1 is 1.46 bits per heavy atom. The number of rotatable bonds is 6. The van der Waals surface area contributed by atoms with E-state index in [0.29, 0.717) is 6.42 Å². The van der Waals surface area contributed by atoms with E-state index in [9.17, 15) is 0 Å². The molecule has 1 rings (SSSR count). The fourth-order valence-corrected chi connectivity index (χ4v) is 1.04. The normalized spacial score (nSPS) is 9.77. The van der Waals surface area contributed by atoms with Crippen molar-refractivity contribution in [3.8, 4) is 6.07 Å². The second-order valence-corrected chi connectivity index (χ2v) is 2.78. The molecule has 1 heterocycles. The molecule has 1 N–H and O–H groups in total. The molecule has 1 aromatic rings. The van der Waals surface area contributed by atoms with E-state index in [1.165, 1.54) is 0 Å². The van der Waals surface area contributed by atoms with E-state index in [1.807, 2.05) is 16.9 Å². The Labute approximate surface area is 78.2 Å². The summed E-state index contributed by atoms with van der Waals surface area (Å²) < 4.78 is 1.89. The SMILES string of the molecule is N#CCCCNCCn1cccn1. The first-order valence-corrected chi connectivity index (χ1v) is 4.48. The van der Waals surface area contributed by atoms with Crippen molar-refractivity contribution in [3.63, 3.8) is 0 Å². The molecule has 0 saturated heterocycles. The number of unbranched alkanes of at least 4 members (excludes halogenated alkanes) is 1. The van der Waals surface area contributed by atoms with Gasteiger partial charge < -0.3 is 5.32 Å². The minimum atomic E-state index is 0.634. The molecule has 70 valence electrons. The van der Waals surface area contributed by atoms with Gasteiger partial charge in [-0.15, -0.1) is 0 Å². The van der Waals surface area contributed by atoms with Gasteiger partial charge in [-0.2, -0.15) is 10.4 Å². The van der Waals surface area contributed by atoms with E-state index < -0.39 is 0 Å². The molecule has 4 heteroatoms. The van der Waals surface area contributed by atoms with E-state index in [4.69, 9.17) is 5.26 Å². The van der Waals surface area contributed by atoms with Crippen LogP contribution in [0, 0.1) is 11.3 Å². The second kappa shape index (κ2) is 6.21. The number of hydrogen-bond acceptors (Lipinski definition) is 3. The zero-order valence-corrected chi connectivity index (χ0v) is 7.61. The molecule has 0 unspecified atom stereocenters. The van der Waals surface area contributed by atoms with Gasteiger partial charge in [0.05, 0.1) is 12.6 Å². The Morgan fingerprint density at radius 3 is 3.08 bits per heavy atom. The molecule has 0 aliphatic carbocycles. The molecule has 0 fully saturated rings. The summed E-state index contributed by atoms with van der Waals surface area (Å²) in [6.45, 7) is 2.71. The van der Waals surface area contributed by atoms with E-state index in [-0.39, 0.29) is 0 Å². The molecule has 0 aliphatic rings. The van der Waals surface area contributed by atoms with Crippen LogP contribution in [-0.4, -0.2) is 22.9 Å². The van der Waals surface area contributed by atoms with E-state index >= 15 is 0 Å². The lowest BCUT2D eigenvalue weighted by atomic mass is 10.3. The van der Waals surface area contributed by atoms with Crippen molar-refractivity contribution < 1.29 is 0 Å². The second-order valence-electron chi connectivity index (χ2n) is 2.78. The van der Waals surface area contributed by atoms with Gasteiger partial charge in [0.2, 0.25) is 0 Å².